The van der Waals surface area contributed by atoms with Crippen molar-refractivity contribution in [1.29, 1.82) is 0 Å². The second kappa shape index (κ2) is 5.67. The molecular weight excluding hydrogens is 248 g/mol. The maximum absolute atomic E-state index is 4.64. The summed E-state index contributed by atoms with van der Waals surface area (Å²) in [6.07, 6.45) is 5.11. The fraction of sp³-hybridized carbons (Fsp3) is 0.438. The molecular formula is C16H20N4. The third-order valence-corrected chi connectivity index (χ3v) is 3.68. The van der Waals surface area contributed by atoms with Gasteiger partial charge in [-0.2, -0.15) is 0 Å². The maximum atomic E-state index is 4.64. The Morgan fingerprint density at radius 2 is 1.90 bits per heavy atom. The molecule has 3 rings (SSSR count). The minimum absolute atomic E-state index is 0.693. The molecule has 1 aliphatic rings. The van der Waals surface area contributed by atoms with E-state index in [4.69, 9.17) is 0 Å². The van der Waals surface area contributed by atoms with E-state index in [0.29, 0.717) is 12.5 Å². The summed E-state index contributed by atoms with van der Waals surface area (Å²) < 4.78 is 0. The molecule has 0 atom stereocenters. The van der Waals surface area contributed by atoms with E-state index in [1.54, 1.807) is 0 Å². The van der Waals surface area contributed by atoms with Crippen LogP contribution in [0.3, 0.4) is 0 Å². The Labute approximate surface area is 119 Å². The fourth-order valence-corrected chi connectivity index (χ4v) is 2.34. The van der Waals surface area contributed by atoms with Crippen molar-refractivity contribution in [2.24, 2.45) is 0 Å². The van der Waals surface area contributed by atoms with E-state index in [0.717, 1.165) is 29.5 Å². The second-order valence-electron chi connectivity index (χ2n) is 5.44. The molecule has 0 aromatic carbocycles. The molecule has 1 saturated carbocycles. The average molecular weight is 268 g/mol. The number of nitrogens with one attached hydrogen (secondary N) is 1. The SMILES string of the molecule is Cc1nc(Cc2ccccn2)nc(C)c1CNC1CC1. The largest absolute Gasteiger partial charge is 0.310 e. The Morgan fingerprint density at radius 3 is 2.50 bits per heavy atom. The lowest BCUT2D eigenvalue weighted by Crippen LogP contribution is -2.18. The van der Waals surface area contributed by atoms with Gasteiger partial charge in [-0.15, -0.1) is 0 Å². The van der Waals surface area contributed by atoms with Crippen molar-refractivity contribution in [3.8, 4) is 0 Å². The van der Waals surface area contributed by atoms with Crippen LogP contribution in [-0.2, 0) is 13.0 Å². The van der Waals surface area contributed by atoms with Crippen LogP contribution >= 0.6 is 0 Å². The molecule has 0 spiro atoms. The van der Waals surface area contributed by atoms with E-state index < -0.39 is 0 Å². The highest BCUT2D eigenvalue weighted by Crippen LogP contribution is 2.20. The lowest BCUT2D eigenvalue weighted by atomic mass is 10.1. The summed E-state index contributed by atoms with van der Waals surface area (Å²) in [5.41, 5.74) is 4.41. The first-order valence-corrected chi connectivity index (χ1v) is 7.18. The number of hydrogen-bond donors (Lipinski definition) is 1. The van der Waals surface area contributed by atoms with Crippen molar-refractivity contribution in [2.45, 2.75) is 45.7 Å². The number of rotatable bonds is 5. The molecule has 0 saturated heterocycles. The first-order chi connectivity index (χ1) is 9.72. The molecule has 2 aromatic heterocycles. The van der Waals surface area contributed by atoms with Crippen molar-refractivity contribution in [1.82, 2.24) is 20.3 Å². The Kier molecular flexibility index (Phi) is 3.74. The van der Waals surface area contributed by atoms with Gasteiger partial charge >= 0.3 is 0 Å². The van der Waals surface area contributed by atoms with E-state index in [1.807, 2.05) is 24.4 Å². The molecule has 0 amide bonds. The summed E-state index contributed by atoms with van der Waals surface area (Å²) in [6, 6.07) is 6.64. The van der Waals surface area contributed by atoms with Gasteiger partial charge in [-0.3, -0.25) is 4.98 Å². The van der Waals surface area contributed by atoms with Crippen LogP contribution < -0.4 is 5.32 Å². The van der Waals surface area contributed by atoms with Gasteiger partial charge in [-0.05, 0) is 38.8 Å². The highest BCUT2D eigenvalue weighted by Gasteiger charge is 2.21. The van der Waals surface area contributed by atoms with Crippen molar-refractivity contribution >= 4 is 0 Å². The van der Waals surface area contributed by atoms with Crippen LogP contribution in [0.2, 0.25) is 0 Å². The van der Waals surface area contributed by atoms with Gasteiger partial charge in [0.25, 0.3) is 0 Å². The van der Waals surface area contributed by atoms with E-state index in [1.165, 1.54) is 18.4 Å². The van der Waals surface area contributed by atoms with E-state index in [2.05, 4.69) is 34.1 Å². The average Bonchev–Trinajstić information content (AvgIpc) is 3.23. The first kappa shape index (κ1) is 13.2. The Balaban J connectivity index is 1.76. The Bertz CT molecular complexity index is 568. The Morgan fingerprint density at radius 1 is 1.15 bits per heavy atom. The van der Waals surface area contributed by atoms with E-state index in [9.17, 15) is 0 Å². The third kappa shape index (κ3) is 3.20. The number of aryl methyl sites for hydroxylation is 2. The molecule has 104 valence electrons. The van der Waals surface area contributed by atoms with Crippen LogP contribution in [0, 0.1) is 13.8 Å². The molecule has 1 N–H and O–H groups in total. The van der Waals surface area contributed by atoms with Crippen LogP contribution in [0.1, 0.15) is 41.3 Å². The third-order valence-electron chi connectivity index (χ3n) is 3.68. The first-order valence-electron chi connectivity index (χ1n) is 7.18. The minimum Gasteiger partial charge on any atom is -0.310 e. The number of pyridine rings is 1. The zero-order valence-electron chi connectivity index (χ0n) is 12.1. The van der Waals surface area contributed by atoms with E-state index >= 15 is 0 Å². The summed E-state index contributed by atoms with van der Waals surface area (Å²) in [4.78, 5) is 13.6. The molecule has 2 heterocycles. The van der Waals surface area contributed by atoms with Crippen LogP contribution in [0.5, 0.6) is 0 Å². The van der Waals surface area contributed by atoms with Crippen LogP contribution in [-0.4, -0.2) is 21.0 Å². The topological polar surface area (TPSA) is 50.7 Å². The van der Waals surface area contributed by atoms with Gasteiger partial charge in [0, 0.05) is 41.4 Å². The van der Waals surface area contributed by atoms with Crippen molar-refractivity contribution < 1.29 is 0 Å². The van der Waals surface area contributed by atoms with Crippen molar-refractivity contribution in [3.05, 3.63) is 52.9 Å². The van der Waals surface area contributed by atoms with Crippen LogP contribution in [0.25, 0.3) is 0 Å². The van der Waals surface area contributed by atoms with Crippen molar-refractivity contribution in [3.63, 3.8) is 0 Å². The molecule has 4 nitrogen and oxygen atoms in total. The predicted octanol–water partition coefficient (Wildman–Crippen LogP) is 2.33. The van der Waals surface area contributed by atoms with Gasteiger partial charge in [0.05, 0.1) is 6.42 Å². The molecule has 2 aromatic rings. The predicted molar refractivity (Wildman–Crippen MR) is 78.4 cm³/mol. The lowest BCUT2D eigenvalue weighted by Gasteiger charge is -2.11. The molecule has 1 aliphatic carbocycles. The summed E-state index contributed by atoms with van der Waals surface area (Å²) in [5, 5.41) is 3.53. The molecule has 0 unspecified atom stereocenters. The molecule has 4 heteroatoms. The van der Waals surface area contributed by atoms with Gasteiger partial charge in [-0.1, -0.05) is 6.07 Å². The monoisotopic (exact) mass is 268 g/mol. The number of hydrogen-bond acceptors (Lipinski definition) is 4. The highest BCUT2D eigenvalue weighted by atomic mass is 15.0. The molecule has 0 radical (unpaired) electrons. The van der Waals surface area contributed by atoms with Crippen LogP contribution in [0.15, 0.2) is 24.4 Å². The summed E-state index contributed by atoms with van der Waals surface area (Å²) >= 11 is 0. The zero-order chi connectivity index (χ0) is 13.9. The van der Waals surface area contributed by atoms with Gasteiger partial charge in [0.2, 0.25) is 0 Å². The number of nitrogens with zero attached hydrogens (tertiary/aromatic N) is 3. The van der Waals surface area contributed by atoms with Gasteiger partial charge < -0.3 is 5.32 Å². The highest BCUT2D eigenvalue weighted by molar-refractivity contribution is 5.25. The standard InChI is InChI=1S/C16H20N4/c1-11-15(10-18-13-6-7-13)12(2)20-16(19-11)9-14-5-3-4-8-17-14/h3-5,8,13,18H,6-7,9-10H2,1-2H3. The molecule has 20 heavy (non-hydrogen) atoms. The van der Waals surface area contributed by atoms with E-state index in [-0.39, 0.29) is 0 Å². The molecule has 0 bridgehead atoms. The smallest absolute Gasteiger partial charge is 0.134 e. The molecule has 1 fully saturated rings. The van der Waals surface area contributed by atoms with Gasteiger partial charge in [0.1, 0.15) is 5.82 Å². The lowest BCUT2D eigenvalue weighted by molar-refractivity contribution is 0.672. The minimum atomic E-state index is 0.693. The summed E-state index contributed by atoms with van der Waals surface area (Å²) in [5.74, 6) is 0.855. The maximum Gasteiger partial charge on any atom is 0.134 e. The van der Waals surface area contributed by atoms with Crippen molar-refractivity contribution in [2.75, 3.05) is 0 Å². The molecule has 0 aliphatic heterocycles. The van der Waals surface area contributed by atoms with Gasteiger partial charge in [-0.25, -0.2) is 9.97 Å². The zero-order valence-corrected chi connectivity index (χ0v) is 12.1. The normalized spacial score (nSPS) is 14.5. The van der Waals surface area contributed by atoms with Crippen LogP contribution in [0.4, 0.5) is 0 Å². The summed E-state index contributed by atoms with van der Waals surface area (Å²) in [6.45, 7) is 5.02. The fourth-order valence-electron chi connectivity index (χ4n) is 2.34. The van der Waals surface area contributed by atoms with Gasteiger partial charge in [0.15, 0.2) is 0 Å². The number of aromatic nitrogens is 3. The summed E-state index contributed by atoms with van der Waals surface area (Å²) in [7, 11) is 0. The quantitative estimate of drug-likeness (QED) is 0.904. The second-order valence-corrected chi connectivity index (χ2v) is 5.44. The Hall–Kier alpha value is -1.81.